The second kappa shape index (κ2) is 7.18. The largest absolute Gasteiger partial charge is 0.357 e. The highest BCUT2D eigenvalue weighted by Crippen LogP contribution is 2.13. The summed E-state index contributed by atoms with van der Waals surface area (Å²) in [5.41, 5.74) is 1.47. The van der Waals surface area contributed by atoms with Gasteiger partial charge in [0.2, 0.25) is 0 Å². The zero-order valence-corrected chi connectivity index (χ0v) is 12.6. The predicted octanol–water partition coefficient (Wildman–Crippen LogP) is 2.45. The summed E-state index contributed by atoms with van der Waals surface area (Å²) >= 11 is 0. The van der Waals surface area contributed by atoms with Crippen LogP contribution in [0, 0.1) is 11.3 Å². The minimum absolute atomic E-state index is 0.305. The summed E-state index contributed by atoms with van der Waals surface area (Å²) in [6, 6.07) is 10.4. The predicted molar refractivity (Wildman–Crippen MR) is 84.7 cm³/mol. The topological polar surface area (TPSA) is 81.9 Å². The van der Waals surface area contributed by atoms with Crippen LogP contribution in [-0.4, -0.2) is 29.0 Å². The number of nitrogens with one attached hydrogen (secondary N) is 1. The van der Waals surface area contributed by atoms with Crippen LogP contribution >= 0.6 is 0 Å². The van der Waals surface area contributed by atoms with Crippen molar-refractivity contribution in [3.63, 3.8) is 0 Å². The lowest BCUT2D eigenvalue weighted by atomic mass is 10.2. The summed E-state index contributed by atoms with van der Waals surface area (Å²) in [5.74, 6) is 0.422. The molecule has 0 radical (unpaired) electrons. The fraction of sp³-hybridized carbons (Fsp3) is 0.250. The minimum Gasteiger partial charge on any atom is -0.357 e. The number of carbonyl (C=O) groups is 1. The molecule has 112 valence electrons. The summed E-state index contributed by atoms with van der Waals surface area (Å²) in [5, 5.41) is 11.5. The molecule has 0 spiro atoms. The fourth-order valence-electron chi connectivity index (χ4n) is 2.01. The number of rotatable bonds is 5. The van der Waals surface area contributed by atoms with E-state index >= 15 is 0 Å². The maximum absolute atomic E-state index is 12.2. The smallest absolute Gasteiger partial charge is 0.274 e. The second-order valence-electron chi connectivity index (χ2n) is 4.58. The second-order valence-corrected chi connectivity index (χ2v) is 4.58. The van der Waals surface area contributed by atoms with Crippen molar-refractivity contribution in [2.45, 2.75) is 13.8 Å². The lowest BCUT2D eigenvalue weighted by Crippen LogP contribution is -2.24. The van der Waals surface area contributed by atoms with Crippen LogP contribution in [-0.2, 0) is 0 Å². The first-order valence-electron chi connectivity index (χ1n) is 7.06. The number of hydrogen-bond acceptors (Lipinski definition) is 5. The van der Waals surface area contributed by atoms with Gasteiger partial charge >= 0.3 is 0 Å². The quantitative estimate of drug-likeness (QED) is 0.916. The Labute approximate surface area is 129 Å². The molecule has 1 heterocycles. The van der Waals surface area contributed by atoms with Gasteiger partial charge in [-0.3, -0.25) is 4.79 Å². The average molecular weight is 295 g/mol. The number of nitriles is 1. The first-order valence-corrected chi connectivity index (χ1v) is 7.06. The Bertz CT molecular complexity index is 686. The van der Waals surface area contributed by atoms with E-state index in [-0.39, 0.29) is 5.91 Å². The van der Waals surface area contributed by atoms with Gasteiger partial charge in [-0.2, -0.15) is 5.26 Å². The number of carbonyl (C=O) groups excluding carboxylic acids is 1. The van der Waals surface area contributed by atoms with Gasteiger partial charge in [0.1, 0.15) is 17.8 Å². The molecule has 2 rings (SSSR count). The number of amides is 1. The van der Waals surface area contributed by atoms with Crippen molar-refractivity contribution in [2.75, 3.05) is 23.3 Å². The molecular formula is C16H17N5O. The third kappa shape index (κ3) is 3.58. The van der Waals surface area contributed by atoms with Crippen LogP contribution < -0.4 is 10.2 Å². The molecule has 0 saturated carbocycles. The fourth-order valence-corrected chi connectivity index (χ4v) is 2.01. The molecule has 1 aromatic heterocycles. The van der Waals surface area contributed by atoms with E-state index in [4.69, 9.17) is 5.26 Å². The molecule has 1 aromatic carbocycles. The van der Waals surface area contributed by atoms with Gasteiger partial charge < -0.3 is 10.2 Å². The Morgan fingerprint density at radius 3 is 2.50 bits per heavy atom. The number of anilines is 2. The highest BCUT2D eigenvalue weighted by Gasteiger charge is 2.11. The Hall–Kier alpha value is -2.94. The molecule has 0 fully saturated rings. The van der Waals surface area contributed by atoms with Crippen LogP contribution in [0.2, 0.25) is 0 Å². The van der Waals surface area contributed by atoms with Gasteiger partial charge in [-0.1, -0.05) is 0 Å². The third-order valence-electron chi connectivity index (χ3n) is 3.24. The van der Waals surface area contributed by atoms with E-state index in [1.54, 1.807) is 30.3 Å². The van der Waals surface area contributed by atoms with Crippen LogP contribution in [0.25, 0.3) is 0 Å². The van der Waals surface area contributed by atoms with Gasteiger partial charge in [-0.25, -0.2) is 9.97 Å². The van der Waals surface area contributed by atoms with Crippen molar-refractivity contribution >= 4 is 17.4 Å². The molecule has 2 aromatic rings. The van der Waals surface area contributed by atoms with Crippen LogP contribution in [0.15, 0.2) is 36.7 Å². The first kappa shape index (κ1) is 15.4. The number of hydrogen-bond donors (Lipinski definition) is 1. The van der Waals surface area contributed by atoms with Gasteiger partial charge in [0, 0.05) is 24.8 Å². The van der Waals surface area contributed by atoms with E-state index in [0.29, 0.717) is 16.9 Å². The summed E-state index contributed by atoms with van der Waals surface area (Å²) in [6.07, 6.45) is 1.39. The Morgan fingerprint density at radius 2 is 1.91 bits per heavy atom. The maximum Gasteiger partial charge on any atom is 0.274 e. The normalized spacial score (nSPS) is 9.86. The molecule has 0 aliphatic heterocycles. The van der Waals surface area contributed by atoms with E-state index in [9.17, 15) is 4.79 Å². The molecule has 0 saturated heterocycles. The molecule has 0 aliphatic rings. The van der Waals surface area contributed by atoms with Gasteiger partial charge in [0.25, 0.3) is 5.91 Å². The highest BCUT2D eigenvalue weighted by molar-refractivity contribution is 6.03. The maximum atomic E-state index is 12.2. The molecular weight excluding hydrogens is 278 g/mol. The lowest BCUT2D eigenvalue weighted by molar-refractivity contribution is 0.102. The number of nitrogens with zero attached hydrogens (tertiary/aromatic N) is 4. The van der Waals surface area contributed by atoms with E-state index in [1.807, 2.05) is 24.8 Å². The van der Waals surface area contributed by atoms with Crippen LogP contribution in [0.4, 0.5) is 11.5 Å². The van der Waals surface area contributed by atoms with Crippen molar-refractivity contribution in [2.24, 2.45) is 0 Å². The highest BCUT2D eigenvalue weighted by atomic mass is 16.1. The lowest BCUT2D eigenvalue weighted by Gasteiger charge is -2.19. The first-order chi connectivity index (χ1) is 10.7. The van der Waals surface area contributed by atoms with E-state index in [2.05, 4.69) is 15.3 Å². The molecule has 0 unspecified atom stereocenters. The van der Waals surface area contributed by atoms with E-state index < -0.39 is 0 Å². The van der Waals surface area contributed by atoms with Crippen LogP contribution in [0.1, 0.15) is 29.9 Å². The van der Waals surface area contributed by atoms with Crippen molar-refractivity contribution < 1.29 is 4.79 Å². The zero-order valence-electron chi connectivity index (χ0n) is 12.6. The van der Waals surface area contributed by atoms with Crippen molar-refractivity contribution in [1.82, 2.24) is 9.97 Å². The standard InChI is InChI=1S/C16H17N5O/c1-3-21(4-2)15-9-14(18-11-19-15)16(22)20-13-7-5-12(10-17)6-8-13/h5-9,11H,3-4H2,1-2H3,(H,20,22). The Balaban J connectivity index is 2.15. The molecule has 6 heteroatoms. The van der Waals surface area contributed by atoms with E-state index in [1.165, 1.54) is 6.33 Å². The number of benzene rings is 1. The summed E-state index contributed by atoms with van der Waals surface area (Å²) in [7, 11) is 0. The van der Waals surface area contributed by atoms with Gasteiger partial charge in [0.05, 0.1) is 11.6 Å². The Morgan fingerprint density at radius 1 is 1.23 bits per heavy atom. The van der Waals surface area contributed by atoms with Crippen molar-refractivity contribution in [1.29, 1.82) is 5.26 Å². The third-order valence-corrected chi connectivity index (χ3v) is 3.24. The summed E-state index contributed by atoms with van der Waals surface area (Å²) < 4.78 is 0. The molecule has 0 atom stereocenters. The van der Waals surface area contributed by atoms with Crippen LogP contribution in [0.5, 0.6) is 0 Å². The molecule has 0 aliphatic carbocycles. The zero-order chi connectivity index (χ0) is 15.9. The molecule has 22 heavy (non-hydrogen) atoms. The monoisotopic (exact) mass is 295 g/mol. The van der Waals surface area contributed by atoms with Crippen molar-refractivity contribution in [3.05, 3.63) is 47.9 Å². The molecule has 6 nitrogen and oxygen atoms in total. The molecule has 0 bridgehead atoms. The number of aromatic nitrogens is 2. The summed E-state index contributed by atoms with van der Waals surface area (Å²) in [6.45, 7) is 5.68. The Kier molecular flexibility index (Phi) is 5.04. The van der Waals surface area contributed by atoms with Gasteiger partial charge in [-0.15, -0.1) is 0 Å². The SMILES string of the molecule is CCN(CC)c1cc(C(=O)Nc2ccc(C#N)cc2)ncn1. The van der Waals surface area contributed by atoms with Crippen molar-refractivity contribution in [3.8, 4) is 6.07 Å². The average Bonchev–Trinajstić information content (AvgIpc) is 2.57. The minimum atomic E-state index is -0.305. The van der Waals surface area contributed by atoms with Gasteiger partial charge in [-0.05, 0) is 38.1 Å². The van der Waals surface area contributed by atoms with Crippen LogP contribution in [0.3, 0.4) is 0 Å². The van der Waals surface area contributed by atoms with Gasteiger partial charge in [0.15, 0.2) is 0 Å². The van der Waals surface area contributed by atoms with E-state index in [0.717, 1.165) is 18.9 Å². The molecule has 1 N–H and O–H groups in total. The molecule has 1 amide bonds. The summed E-state index contributed by atoms with van der Waals surface area (Å²) in [4.78, 5) is 22.5.